The zero-order valence-electron chi connectivity index (χ0n) is 14.2. The molecule has 8 heteroatoms. The van der Waals surface area contributed by atoms with Crippen LogP contribution in [0.3, 0.4) is 0 Å². The Labute approximate surface area is 155 Å². The average Bonchev–Trinajstić information content (AvgIpc) is 3.09. The second kappa shape index (κ2) is 7.70. The van der Waals surface area contributed by atoms with Crippen molar-refractivity contribution in [2.75, 3.05) is 13.7 Å². The van der Waals surface area contributed by atoms with Gasteiger partial charge in [0.2, 0.25) is 0 Å². The number of hydrogen-bond acceptors (Lipinski definition) is 5. The van der Waals surface area contributed by atoms with Crippen molar-refractivity contribution in [2.24, 2.45) is 5.73 Å². The van der Waals surface area contributed by atoms with Gasteiger partial charge in [0.25, 0.3) is 11.8 Å². The molecule has 138 valence electrons. The number of amides is 2. The minimum atomic E-state index is -0.641. The number of carbonyl (C=O) groups excluding carboxylic acids is 2. The lowest BCUT2D eigenvalue weighted by Gasteiger charge is -2.23. The second-order valence-corrected chi connectivity index (χ2v) is 6.37. The monoisotopic (exact) mass is 378 g/mol. The third kappa shape index (κ3) is 3.77. The number of nitrogens with one attached hydrogen (secondary N) is 1. The fraction of sp³-hybridized carbons (Fsp3) is 0.333. The molecule has 3 rings (SSSR count). The molecule has 7 nitrogen and oxygen atoms in total. The highest BCUT2D eigenvalue weighted by atomic mass is 35.5. The largest absolute Gasteiger partial charge is 0.493 e. The zero-order valence-corrected chi connectivity index (χ0v) is 15.0. The van der Waals surface area contributed by atoms with Crippen LogP contribution in [0, 0.1) is 0 Å². The molecule has 2 amide bonds. The highest BCUT2D eigenvalue weighted by molar-refractivity contribution is 6.32. The Balaban J connectivity index is 1.80. The van der Waals surface area contributed by atoms with E-state index in [1.165, 1.54) is 19.2 Å². The standard InChI is InChI=1S/C18H19ClN2O5/c1-24-15-8-10(7-12(19)17(15)26-9-16(20)22)18(23)21-13-3-2-4-14-11(13)5-6-25-14/h5-8,13H,2-4,9H2,1H3,(H2,20,22)(H,21,23). The van der Waals surface area contributed by atoms with Gasteiger partial charge in [-0.3, -0.25) is 9.59 Å². The first-order chi connectivity index (χ1) is 12.5. The molecule has 2 aromatic rings. The van der Waals surface area contributed by atoms with Crippen LogP contribution in [0.5, 0.6) is 11.5 Å². The molecule has 0 spiro atoms. The molecule has 1 heterocycles. The molecule has 1 aromatic carbocycles. The number of furan rings is 1. The lowest BCUT2D eigenvalue weighted by Crippen LogP contribution is -2.30. The summed E-state index contributed by atoms with van der Waals surface area (Å²) in [5.41, 5.74) is 6.41. The molecule has 1 aromatic heterocycles. The molecule has 1 atom stereocenters. The number of carbonyl (C=O) groups is 2. The Morgan fingerprint density at radius 2 is 2.23 bits per heavy atom. The van der Waals surface area contributed by atoms with Crippen LogP contribution in [0.15, 0.2) is 28.9 Å². The summed E-state index contributed by atoms with van der Waals surface area (Å²) in [5.74, 6) is 0.395. The molecule has 0 saturated carbocycles. The quantitative estimate of drug-likeness (QED) is 0.804. The number of methoxy groups -OCH3 is 1. The molecule has 0 fully saturated rings. The van der Waals surface area contributed by atoms with Crippen LogP contribution in [0.4, 0.5) is 0 Å². The van der Waals surface area contributed by atoms with E-state index in [0.29, 0.717) is 5.56 Å². The van der Waals surface area contributed by atoms with Gasteiger partial charge in [0, 0.05) is 17.5 Å². The van der Waals surface area contributed by atoms with Crippen molar-refractivity contribution in [1.29, 1.82) is 0 Å². The third-order valence-electron chi connectivity index (χ3n) is 4.21. The number of halogens is 1. The lowest BCUT2D eigenvalue weighted by atomic mass is 9.93. The van der Waals surface area contributed by atoms with E-state index < -0.39 is 5.91 Å². The summed E-state index contributed by atoms with van der Waals surface area (Å²) in [6, 6.07) is 4.75. The van der Waals surface area contributed by atoms with Crippen molar-refractivity contribution in [1.82, 2.24) is 5.32 Å². The van der Waals surface area contributed by atoms with Gasteiger partial charge in [0.1, 0.15) is 5.76 Å². The van der Waals surface area contributed by atoms with Crippen molar-refractivity contribution in [3.8, 4) is 11.5 Å². The summed E-state index contributed by atoms with van der Waals surface area (Å²) in [5, 5.41) is 3.15. The summed E-state index contributed by atoms with van der Waals surface area (Å²) in [6.45, 7) is -0.340. The molecule has 1 aliphatic carbocycles. The van der Waals surface area contributed by atoms with E-state index in [2.05, 4.69) is 5.32 Å². The highest BCUT2D eigenvalue weighted by Crippen LogP contribution is 2.37. The lowest BCUT2D eigenvalue weighted by molar-refractivity contribution is -0.119. The van der Waals surface area contributed by atoms with Gasteiger partial charge in [-0.25, -0.2) is 0 Å². The smallest absolute Gasteiger partial charge is 0.255 e. The van der Waals surface area contributed by atoms with Crippen molar-refractivity contribution in [3.63, 3.8) is 0 Å². The molecular weight excluding hydrogens is 360 g/mol. The molecule has 0 radical (unpaired) electrons. The molecule has 0 bridgehead atoms. The number of nitrogens with two attached hydrogens (primary N) is 1. The number of hydrogen-bond donors (Lipinski definition) is 2. The SMILES string of the molecule is COc1cc(C(=O)NC2CCCc3occc32)cc(Cl)c1OCC(N)=O. The van der Waals surface area contributed by atoms with Gasteiger partial charge >= 0.3 is 0 Å². The zero-order chi connectivity index (χ0) is 18.7. The minimum Gasteiger partial charge on any atom is -0.493 e. The van der Waals surface area contributed by atoms with E-state index in [4.69, 9.17) is 31.2 Å². The normalized spacial score (nSPS) is 15.8. The number of primary amides is 1. The Hall–Kier alpha value is -2.67. The molecule has 0 saturated heterocycles. The van der Waals surface area contributed by atoms with Gasteiger partial charge in [-0.05, 0) is 31.0 Å². The maximum absolute atomic E-state index is 12.7. The molecule has 26 heavy (non-hydrogen) atoms. The fourth-order valence-electron chi connectivity index (χ4n) is 3.01. The van der Waals surface area contributed by atoms with Crippen LogP contribution in [0.1, 0.15) is 40.6 Å². The Morgan fingerprint density at radius 3 is 2.96 bits per heavy atom. The van der Waals surface area contributed by atoms with E-state index in [1.807, 2.05) is 6.07 Å². The number of benzene rings is 1. The first kappa shape index (κ1) is 18.1. The summed E-state index contributed by atoms with van der Waals surface area (Å²) in [7, 11) is 1.42. The van der Waals surface area contributed by atoms with Gasteiger partial charge in [-0.1, -0.05) is 11.6 Å². The number of rotatable bonds is 6. The summed E-state index contributed by atoms with van der Waals surface area (Å²) >= 11 is 6.20. The Kier molecular flexibility index (Phi) is 5.37. The van der Waals surface area contributed by atoms with Crippen LogP contribution in [-0.4, -0.2) is 25.5 Å². The van der Waals surface area contributed by atoms with Crippen LogP contribution in [-0.2, 0) is 11.2 Å². The fourth-order valence-corrected chi connectivity index (χ4v) is 3.28. The maximum atomic E-state index is 12.7. The number of aryl methyl sites for hydroxylation is 1. The Bertz CT molecular complexity index is 833. The first-order valence-corrected chi connectivity index (χ1v) is 8.53. The summed E-state index contributed by atoms with van der Waals surface area (Å²) in [4.78, 5) is 23.6. The van der Waals surface area contributed by atoms with Crippen molar-refractivity contribution in [3.05, 3.63) is 46.4 Å². The molecular formula is C18H19ClN2O5. The summed E-state index contributed by atoms with van der Waals surface area (Å²) in [6.07, 6.45) is 4.29. The summed E-state index contributed by atoms with van der Waals surface area (Å²) < 4.78 is 15.9. The van der Waals surface area contributed by atoms with Crippen molar-refractivity contribution >= 4 is 23.4 Å². The number of ether oxygens (including phenoxy) is 2. The molecule has 1 unspecified atom stereocenters. The predicted octanol–water partition coefficient (Wildman–Crippen LogP) is 2.61. The topological polar surface area (TPSA) is 104 Å². The first-order valence-electron chi connectivity index (χ1n) is 8.15. The third-order valence-corrected chi connectivity index (χ3v) is 4.49. The van der Waals surface area contributed by atoms with Crippen LogP contribution < -0.4 is 20.5 Å². The maximum Gasteiger partial charge on any atom is 0.255 e. The predicted molar refractivity (Wildman–Crippen MR) is 94.5 cm³/mol. The second-order valence-electron chi connectivity index (χ2n) is 5.96. The van der Waals surface area contributed by atoms with E-state index in [9.17, 15) is 9.59 Å². The van der Waals surface area contributed by atoms with Gasteiger partial charge < -0.3 is 24.9 Å². The van der Waals surface area contributed by atoms with Gasteiger partial charge in [-0.2, -0.15) is 0 Å². The van der Waals surface area contributed by atoms with E-state index in [0.717, 1.165) is 30.6 Å². The number of fused-ring (bicyclic) bond motifs is 1. The highest BCUT2D eigenvalue weighted by Gasteiger charge is 2.25. The van der Waals surface area contributed by atoms with Crippen LogP contribution in [0.25, 0.3) is 0 Å². The van der Waals surface area contributed by atoms with Gasteiger partial charge in [-0.15, -0.1) is 0 Å². The average molecular weight is 379 g/mol. The van der Waals surface area contributed by atoms with Crippen molar-refractivity contribution < 1.29 is 23.5 Å². The van der Waals surface area contributed by atoms with Gasteiger partial charge in [0.05, 0.1) is 24.4 Å². The van der Waals surface area contributed by atoms with Crippen LogP contribution in [0.2, 0.25) is 5.02 Å². The Morgan fingerprint density at radius 1 is 1.42 bits per heavy atom. The molecule has 1 aliphatic rings. The van der Waals surface area contributed by atoms with E-state index in [-0.39, 0.29) is 35.1 Å². The molecule has 0 aliphatic heterocycles. The minimum absolute atomic E-state index is 0.111. The van der Waals surface area contributed by atoms with Crippen LogP contribution >= 0.6 is 11.6 Å². The van der Waals surface area contributed by atoms with Crippen molar-refractivity contribution in [2.45, 2.75) is 25.3 Å². The van der Waals surface area contributed by atoms with E-state index >= 15 is 0 Å². The van der Waals surface area contributed by atoms with E-state index in [1.54, 1.807) is 6.26 Å². The van der Waals surface area contributed by atoms with Gasteiger partial charge in [0.15, 0.2) is 18.1 Å². The molecule has 3 N–H and O–H groups in total.